The van der Waals surface area contributed by atoms with E-state index >= 15 is 0 Å². The van der Waals surface area contributed by atoms with Gasteiger partial charge in [0.15, 0.2) is 11.5 Å². The van der Waals surface area contributed by atoms with Crippen molar-refractivity contribution in [1.82, 2.24) is 15.5 Å². The highest BCUT2D eigenvalue weighted by atomic mass is 35.5. The highest BCUT2D eigenvalue weighted by Gasteiger charge is 2.12. The topological polar surface area (TPSA) is 86.5 Å². The number of rotatable bonds is 7. The summed E-state index contributed by atoms with van der Waals surface area (Å²) < 4.78 is 15.6. The summed E-state index contributed by atoms with van der Waals surface area (Å²) in [4.78, 5) is 16.6. The molecule has 3 rings (SSSR count). The van der Waals surface area contributed by atoms with Crippen LogP contribution in [-0.4, -0.2) is 36.8 Å². The summed E-state index contributed by atoms with van der Waals surface area (Å²) in [5.41, 5.74) is 1.28. The van der Waals surface area contributed by atoms with Gasteiger partial charge in [0.25, 0.3) is 5.91 Å². The van der Waals surface area contributed by atoms with Crippen LogP contribution in [0.4, 0.5) is 0 Å². The molecule has 0 aliphatic carbocycles. The Labute approximate surface area is 161 Å². The van der Waals surface area contributed by atoms with E-state index in [1.54, 1.807) is 37.4 Å². The maximum absolute atomic E-state index is 12.3. The lowest BCUT2D eigenvalue weighted by Gasteiger charge is -2.09. The van der Waals surface area contributed by atoms with E-state index in [2.05, 4.69) is 15.5 Å². The summed E-state index contributed by atoms with van der Waals surface area (Å²) in [6.45, 7) is 0.357. The standard InChI is InChI=1S/C19H18ClN3O4/c1-25-15-8-5-13(11-16(15)26-2)19(24)21-10-9-17-22-18(23-27-17)12-3-6-14(20)7-4-12/h3-8,11H,9-10H2,1-2H3,(H,21,24). The summed E-state index contributed by atoms with van der Waals surface area (Å²) in [5, 5.41) is 7.39. The number of halogens is 1. The number of carbonyl (C=O) groups excluding carboxylic acids is 1. The fourth-order valence-corrected chi connectivity index (χ4v) is 2.56. The SMILES string of the molecule is COc1ccc(C(=O)NCCc2nc(-c3ccc(Cl)cc3)no2)cc1OC. The average molecular weight is 388 g/mol. The van der Waals surface area contributed by atoms with Gasteiger partial charge in [-0.1, -0.05) is 16.8 Å². The van der Waals surface area contributed by atoms with Gasteiger partial charge in [0.05, 0.1) is 14.2 Å². The molecule has 8 heteroatoms. The van der Waals surface area contributed by atoms with Gasteiger partial charge in [-0.3, -0.25) is 4.79 Å². The minimum atomic E-state index is -0.228. The lowest BCUT2D eigenvalue weighted by Crippen LogP contribution is -2.25. The molecule has 1 amide bonds. The largest absolute Gasteiger partial charge is 0.493 e. The van der Waals surface area contributed by atoms with E-state index < -0.39 is 0 Å². The molecule has 0 aliphatic rings. The molecule has 7 nitrogen and oxygen atoms in total. The van der Waals surface area contributed by atoms with Gasteiger partial charge in [-0.05, 0) is 42.5 Å². The molecule has 27 heavy (non-hydrogen) atoms. The van der Waals surface area contributed by atoms with Crippen molar-refractivity contribution >= 4 is 17.5 Å². The van der Waals surface area contributed by atoms with E-state index in [4.69, 9.17) is 25.6 Å². The van der Waals surface area contributed by atoms with Crippen LogP contribution < -0.4 is 14.8 Å². The average Bonchev–Trinajstić information content (AvgIpc) is 3.16. The van der Waals surface area contributed by atoms with Crippen molar-refractivity contribution in [2.75, 3.05) is 20.8 Å². The number of carbonyl (C=O) groups is 1. The van der Waals surface area contributed by atoms with Gasteiger partial charge >= 0.3 is 0 Å². The first-order chi connectivity index (χ1) is 13.1. The van der Waals surface area contributed by atoms with Gasteiger partial charge in [-0.2, -0.15) is 4.98 Å². The summed E-state index contributed by atoms with van der Waals surface area (Å²) in [6.07, 6.45) is 0.416. The van der Waals surface area contributed by atoms with E-state index in [0.717, 1.165) is 5.56 Å². The zero-order valence-electron chi connectivity index (χ0n) is 14.9. The van der Waals surface area contributed by atoms with Crippen molar-refractivity contribution in [2.45, 2.75) is 6.42 Å². The Morgan fingerprint density at radius 2 is 1.85 bits per heavy atom. The molecule has 2 aromatic carbocycles. The molecule has 1 aromatic heterocycles. The number of nitrogens with one attached hydrogen (secondary N) is 1. The number of amides is 1. The van der Waals surface area contributed by atoms with Crippen molar-refractivity contribution in [3.63, 3.8) is 0 Å². The highest BCUT2D eigenvalue weighted by molar-refractivity contribution is 6.30. The van der Waals surface area contributed by atoms with Crippen LogP contribution in [-0.2, 0) is 6.42 Å². The molecule has 1 heterocycles. The molecule has 0 atom stereocenters. The van der Waals surface area contributed by atoms with Crippen LogP contribution >= 0.6 is 11.6 Å². The van der Waals surface area contributed by atoms with Gasteiger partial charge in [0, 0.05) is 29.1 Å². The molecule has 140 valence electrons. The van der Waals surface area contributed by atoms with Crippen LogP contribution in [0.15, 0.2) is 47.0 Å². The molecule has 0 radical (unpaired) electrons. The second-order valence-corrected chi connectivity index (χ2v) is 6.03. The van der Waals surface area contributed by atoms with E-state index in [0.29, 0.717) is 46.8 Å². The van der Waals surface area contributed by atoms with Crippen LogP contribution in [0.25, 0.3) is 11.4 Å². The van der Waals surface area contributed by atoms with Gasteiger partial charge in [0.1, 0.15) is 0 Å². The van der Waals surface area contributed by atoms with Crippen molar-refractivity contribution in [3.05, 3.63) is 58.9 Å². The Hall–Kier alpha value is -3.06. The molecule has 0 saturated heterocycles. The smallest absolute Gasteiger partial charge is 0.251 e. The number of hydrogen-bond acceptors (Lipinski definition) is 6. The first-order valence-corrected chi connectivity index (χ1v) is 8.57. The monoisotopic (exact) mass is 387 g/mol. The Balaban J connectivity index is 1.57. The number of methoxy groups -OCH3 is 2. The summed E-state index contributed by atoms with van der Waals surface area (Å²) in [5.74, 6) is 1.75. The molecule has 0 bridgehead atoms. The third-order valence-electron chi connectivity index (χ3n) is 3.84. The third-order valence-corrected chi connectivity index (χ3v) is 4.09. The third kappa shape index (κ3) is 4.57. The molecular formula is C19H18ClN3O4. The van der Waals surface area contributed by atoms with Crippen LogP contribution in [0.2, 0.25) is 5.02 Å². The molecule has 0 aliphatic heterocycles. The van der Waals surface area contributed by atoms with Gasteiger partial charge < -0.3 is 19.3 Å². The minimum absolute atomic E-state index is 0.228. The predicted molar refractivity (Wildman–Crippen MR) is 100 cm³/mol. The number of aromatic nitrogens is 2. The van der Waals surface area contributed by atoms with Gasteiger partial charge in [-0.25, -0.2) is 0 Å². The fourth-order valence-electron chi connectivity index (χ4n) is 2.44. The number of hydrogen-bond donors (Lipinski definition) is 1. The highest BCUT2D eigenvalue weighted by Crippen LogP contribution is 2.27. The van der Waals surface area contributed by atoms with E-state index in [1.165, 1.54) is 7.11 Å². The molecule has 0 saturated carbocycles. The maximum Gasteiger partial charge on any atom is 0.251 e. The lowest BCUT2D eigenvalue weighted by atomic mass is 10.2. The first kappa shape index (κ1) is 18.7. The fraction of sp³-hybridized carbons (Fsp3) is 0.211. The van der Waals surface area contributed by atoms with Crippen LogP contribution in [0.5, 0.6) is 11.5 Å². The van der Waals surface area contributed by atoms with E-state index in [1.807, 2.05) is 12.1 Å². The maximum atomic E-state index is 12.3. The number of ether oxygens (including phenoxy) is 2. The van der Waals surface area contributed by atoms with E-state index in [9.17, 15) is 4.79 Å². The zero-order valence-corrected chi connectivity index (χ0v) is 15.6. The van der Waals surface area contributed by atoms with Crippen LogP contribution in [0.3, 0.4) is 0 Å². The number of benzene rings is 2. The van der Waals surface area contributed by atoms with Crippen LogP contribution in [0, 0.1) is 0 Å². The van der Waals surface area contributed by atoms with Crippen molar-refractivity contribution < 1.29 is 18.8 Å². The number of nitrogens with zero attached hydrogens (tertiary/aromatic N) is 2. The predicted octanol–water partition coefficient (Wildman–Crippen LogP) is 3.38. The Kier molecular flexibility index (Phi) is 5.93. The molecule has 0 unspecified atom stereocenters. The normalized spacial score (nSPS) is 10.5. The van der Waals surface area contributed by atoms with Gasteiger partial charge in [-0.15, -0.1) is 0 Å². The second kappa shape index (κ2) is 8.55. The first-order valence-electron chi connectivity index (χ1n) is 8.19. The second-order valence-electron chi connectivity index (χ2n) is 5.59. The summed E-state index contributed by atoms with van der Waals surface area (Å²) in [7, 11) is 3.06. The minimum Gasteiger partial charge on any atom is -0.493 e. The molecular weight excluding hydrogens is 370 g/mol. The quantitative estimate of drug-likeness (QED) is 0.668. The van der Waals surface area contributed by atoms with E-state index in [-0.39, 0.29) is 5.91 Å². The molecule has 1 N–H and O–H groups in total. The van der Waals surface area contributed by atoms with Gasteiger partial charge in [0.2, 0.25) is 11.7 Å². The Bertz CT molecular complexity index is 925. The summed E-state index contributed by atoms with van der Waals surface area (Å²) in [6, 6.07) is 12.1. The molecule has 3 aromatic rings. The summed E-state index contributed by atoms with van der Waals surface area (Å²) >= 11 is 5.87. The Morgan fingerprint density at radius 1 is 1.11 bits per heavy atom. The molecule has 0 spiro atoms. The van der Waals surface area contributed by atoms with Crippen molar-refractivity contribution in [3.8, 4) is 22.9 Å². The lowest BCUT2D eigenvalue weighted by molar-refractivity contribution is 0.0953. The molecule has 0 fully saturated rings. The van der Waals surface area contributed by atoms with Crippen molar-refractivity contribution in [1.29, 1.82) is 0 Å². The van der Waals surface area contributed by atoms with Crippen molar-refractivity contribution in [2.24, 2.45) is 0 Å². The zero-order chi connectivity index (χ0) is 19.2. The van der Waals surface area contributed by atoms with Crippen LogP contribution in [0.1, 0.15) is 16.2 Å². The Morgan fingerprint density at radius 3 is 2.56 bits per heavy atom.